The van der Waals surface area contributed by atoms with E-state index in [0.717, 1.165) is 44.9 Å². The predicted octanol–water partition coefficient (Wildman–Crippen LogP) is 1.31. The minimum Gasteiger partial charge on any atom is -0.385 e. The lowest BCUT2D eigenvalue weighted by Gasteiger charge is -2.17. The van der Waals surface area contributed by atoms with Gasteiger partial charge in [0.2, 0.25) is 5.91 Å². The summed E-state index contributed by atoms with van der Waals surface area (Å²) in [6.07, 6.45) is 7.09. The van der Waals surface area contributed by atoms with Crippen molar-refractivity contribution in [2.45, 2.75) is 44.6 Å². The lowest BCUT2D eigenvalue weighted by atomic mass is 9.93. The average molecular weight is 254 g/mol. The number of carbonyl (C=O) groups excluding carboxylic acids is 1. The van der Waals surface area contributed by atoms with Crippen molar-refractivity contribution in [1.29, 1.82) is 0 Å². The number of hydrogen-bond acceptors (Lipinski definition) is 3. The highest BCUT2D eigenvalue weighted by molar-refractivity contribution is 5.82. The summed E-state index contributed by atoms with van der Waals surface area (Å²) in [5.41, 5.74) is 0. The highest BCUT2D eigenvalue weighted by Gasteiger charge is 2.42. The molecular weight excluding hydrogens is 228 g/mol. The summed E-state index contributed by atoms with van der Waals surface area (Å²) in [5.74, 6) is 1.57. The van der Waals surface area contributed by atoms with Gasteiger partial charge in [0.15, 0.2) is 0 Å². The average Bonchev–Trinajstić information content (AvgIpc) is 2.95. The van der Waals surface area contributed by atoms with Gasteiger partial charge in [-0.05, 0) is 50.5 Å². The van der Waals surface area contributed by atoms with Crippen LogP contribution in [0.3, 0.4) is 0 Å². The third-order valence-electron chi connectivity index (χ3n) is 4.35. The predicted molar refractivity (Wildman–Crippen MR) is 71.4 cm³/mol. The van der Waals surface area contributed by atoms with Crippen LogP contribution in [0.2, 0.25) is 0 Å². The van der Waals surface area contributed by atoms with Crippen LogP contribution in [0.5, 0.6) is 0 Å². The number of nitrogens with one attached hydrogen (secondary N) is 2. The number of methoxy groups -OCH3 is 1. The molecule has 0 aromatic carbocycles. The van der Waals surface area contributed by atoms with Crippen molar-refractivity contribution in [3.8, 4) is 0 Å². The van der Waals surface area contributed by atoms with Crippen molar-refractivity contribution in [3.05, 3.63) is 0 Å². The summed E-state index contributed by atoms with van der Waals surface area (Å²) < 4.78 is 5.00. The number of fused-ring (bicyclic) bond motifs is 1. The molecule has 1 aliphatic carbocycles. The maximum absolute atomic E-state index is 12.1. The van der Waals surface area contributed by atoms with E-state index < -0.39 is 0 Å². The topological polar surface area (TPSA) is 50.4 Å². The molecular formula is C14H26N2O2. The molecule has 1 saturated heterocycles. The summed E-state index contributed by atoms with van der Waals surface area (Å²) in [6, 6.07) is 0.0801. The lowest BCUT2D eigenvalue weighted by molar-refractivity contribution is -0.123. The summed E-state index contributed by atoms with van der Waals surface area (Å²) in [4.78, 5) is 12.1. The Morgan fingerprint density at radius 3 is 3.06 bits per heavy atom. The van der Waals surface area contributed by atoms with Gasteiger partial charge in [-0.15, -0.1) is 0 Å². The Bertz CT molecular complexity index is 271. The first kappa shape index (κ1) is 13.8. The Kier molecular flexibility index (Phi) is 5.45. The monoisotopic (exact) mass is 254 g/mol. The third kappa shape index (κ3) is 3.45. The molecule has 2 fully saturated rings. The number of carbonyl (C=O) groups is 1. The number of ether oxygens (including phenoxy) is 1. The van der Waals surface area contributed by atoms with Gasteiger partial charge in [-0.3, -0.25) is 4.79 Å². The van der Waals surface area contributed by atoms with E-state index in [-0.39, 0.29) is 11.9 Å². The van der Waals surface area contributed by atoms with E-state index >= 15 is 0 Å². The second-order valence-corrected chi connectivity index (χ2v) is 5.59. The molecule has 1 heterocycles. The van der Waals surface area contributed by atoms with Crippen LogP contribution in [-0.4, -0.2) is 38.8 Å². The van der Waals surface area contributed by atoms with E-state index in [1.807, 2.05) is 0 Å². The molecule has 3 atom stereocenters. The Morgan fingerprint density at radius 1 is 1.33 bits per heavy atom. The largest absolute Gasteiger partial charge is 0.385 e. The molecule has 0 aromatic rings. The van der Waals surface area contributed by atoms with Gasteiger partial charge in [0.25, 0.3) is 0 Å². The fourth-order valence-corrected chi connectivity index (χ4v) is 3.34. The molecule has 4 heteroatoms. The van der Waals surface area contributed by atoms with Crippen molar-refractivity contribution in [3.63, 3.8) is 0 Å². The van der Waals surface area contributed by atoms with Crippen molar-refractivity contribution in [2.75, 3.05) is 26.8 Å². The van der Waals surface area contributed by atoms with Crippen LogP contribution in [0.4, 0.5) is 0 Å². The molecule has 3 unspecified atom stereocenters. The summed E-state index contributed by atoms with van der Waals surface area (Å²) in [7, 11) is 1.73. The third-order valence-corrected chi connectivity index (χ3v) is 4.35. The highest BCUT2D eigenvalue weighted by Crippen LogP contribution is 2.37. The van der Waals surface area contributed by atoms with Crippen LogP contribution < -0.4 is 10.6 Å². The fourth-order valence-electron chi connectivity index (χ4n) is 3.34. The van der Waals surface area contributed by atoms with Gasteiger partial charge < -0.3 is 15.4 Å². The minimum absolute atomic E-state index is 0.0801. The van der Waals surface area contributed by atoms with Crippen LogP contribution >= 0.6 is 0 Å². The van der Waals surface area contributed by atoms with E-state index in [4.69, 9.17) is 4.74 Å². The molecule has 4 nitrogen and oxygen atoms in total. The zero-order valence-electron chi connectivity index (χ0n) is 11.4. The standard InChI is InChI=1S/C14H26N2O2/c1-18-9-4-2-3-8-15-14(17)13-12-7-5-6-11(12)10-16-13/h11-13,16H,2-10H2,1H3,(H,15,17). The minimum atomic E-state index is 0.0801. The smallest absolute Gasteiger partial charge is 0.237 e. The number of unbranched alkanes of at least 4 members (excludes halogenated alkanes) is 2. The molecule has 0 spiro atoms. The van der Waals surface area contributed by atoms with Gasteiger partial charge in [-0.2, -0.15) is 0 Å². The normalized spacial score (nSPS) is 30.4. The molecule has 104 valence electrons. The van der Waals surface area contributed by atoms with Gasteiger partial charge in [0.1, 0.15) is 0 Å². The molecule has 2 rings (SSSR count). The van der Waals surface area contributed by atoms with E-state index in [2.05, 4.69) is 10.6 Å². The molecule has 18 heavy (non-hydrogen) atoms. The first-order valence-electron chi connectivity index (χ1n) is 7.33. The molecule has 1 saturated carbocycles. The van der Waals surface area contributed by atoms with Crippen molar-refractivity contribution < 1.29 is 9.53 Å². The Balaban J connectivity index is 1.60. The van der Waals surface area contributed by atoms with Gasteiger partial charge >= 0.3 is 0 Å². The first-order valence-corrected chi connectivity index (χ1v) is 7.33. The van der Waals surface area contributed by atoms with E-state index in [9.17, 15) is 4.79 Å². The summed E-state index contributed by atoms with van der Waals surface area (Å²) in [5, 5.41) is 6.46. The lowest BCUT2D eigenvalue weighted by Crippen LogP contribution is -2.44. The Hall–Kier alpha value is -0.610. The van der Waals surface area contributed by atoms with Crippen LogP contribution in [0.25, 0.3) is 0 Å². The van der Waals surface area contributed by atoms with Gasteiger partial charge in [-0.1, -0.05) is 6.42 Å². The maximum atomic E-state index is 12.1. The molecule has 2 N–H and O–H groups in total. The number of amides is 1. The van der Waals surface area contributed by atoms with E-state index in [1.165, 1.54) is 19.3 Å². The van der Waals surface area contributed by atoms with Crippen molar-refractivity contribution in [2.24, 2.45) is 11.8 Å². The molecule has 2 aliphatic rings. The second kappa shape index (κ2) is 7.10. The summed E-state index contributed by atoms with van der Waals surface area (Å²) >= 11 is 0. The molecule has 1 aliphatic heterocycles. The molecule has 0 radical (unpaired) electrons. The van der Waals surface area contributed by atoms with Gasteiger partial charge in [0, 0.05) is 20.3 Å². The van der Waals surface area contributed by atoms with Crippen LogP contribution in [-0.2, 0) is 9.53 Å². The van der Waals surface area contributed by atoms with Crippen LogP contribution in [0.15, 0.2) is 0 Å². The SMILES string of the molecule is COCCCCCNC(=O)C1NCC2CCCC21. The van der Waals surface area contributed by atoms with Crippen LogP contribution in [0, 0.1) is 11.8 Å². The van der Waals surface area contributed by atoms with E-state index in [0.29, 0.717) is 5.92 Å². The number of hydrogen-bond donors (Lipinski definition) is 2. The van der Waals surface area contributed by atoms with Crippen molar-refractivity contribution >= 4 is 5.91 Å². The zero-order chi connectivity index (χ0) is 12.8. The molecule has 0 bridgehead atoms. The highest BCUT2D eigenvalue weighted by atomic mass is 16.5. The molecule has 0 aromatic heterocycles. The fraction of sp³-hybridized carbons (Fsp3) is 0.929. The Morgan fingerprint density at radius 2 is 2.22 bits per heavy atom. The van der Waals surface area contributed by atoms with Gasteiger partial charge in [-0.25, -0.2) is 0 Å². The first-order chi connectivity index (χ1) is 8.83. The molecule has 1 amide bonds. The van der Waals surface area contributed by atoms with Crippen molar-refractivity contribution in [1.82, 2.24) is 10.6 Å². The Labute approximate surface area is 110 Å². The number of rotatable bonds is 7. The quantitative estimate of drug-likeness (QED) is 0.673. The summed E-state index contributed by atoms with van der Waals surface area (Å²) in [6.45, 7) is 2.66. The maximum Gasteiger partial charge on any atom is 0.237 e. The zero-order valence-corrected chi connectivity index (χ0v) is 11.4. The van der Waals surface area contributed by atoms with E-state index in [1.54, 1.807) is 7.11 Å². The second-order valence-electron chi connectivity index (χ2n) is 5.59. The van der Waals surface area contributed by atoms with Gasteiger partial charge in [0.05, 0.1) is 6.04 Å². The van der Waals surface area contributed by atoms with Crippen LogP contribution in [0.1, 0.15) is 38.5 Å².